The Hall–Kier alpha value is -1.77. The van der Waals surface area contributed by atoms with Gasteiger partial charge < -0.3 is 9.64 Å². The van der Waals surface area contributed by atoms with E-state index in [-0.39, 0.29) is 26.6 Å². The third kappa shape index (κ3) is 3.75. The molecule has 0 radical (unpaired) electrons. The molecule has 0 aliphatic carbocycles. The van der Waals surface area contributed by atoms with E-state index in [9.17, 15) is 8.42 Å². The number of hydrogen-bond acceptors (Lipinski definition) is 6. The summed E-state index contributed by atoms with van der Waals surface area (Å²) in [6.07, 6.45) is 3.70. The number of nitrogens with one attached hydrogen (secondary N) is 1. The fourth-order valence-corrected chi connectivity index (χ4v) is 4.32. The van der Waals surface area contributed by atoms with Gasteiger partial charge >= 0.3 is 0 Å². The first-order chi connectivity index (χ1) is 11.9. The lowest BCUT2D eigenvalue weighted by Crippen LogP contribution is -2.21. The Morgan fingerprint density at radius 2 is 1.96 bits per heavy atom. The van der Waals surface area contributed by atoms with Gasteiger partial charge in [-0.25, -0.2) is 13.4 Å². The number of anilines is 2. The molecule has 2 heterocycles. The van der Waals surface area contributed by atoms with Gasteiger partial charge in [0.1, 0.15) is 4.90 Å². The Labute approximate surface area is 156 Å². The van der Waals surface area contributed by atoms with Gasteiger partial charge in [0, 0.05) is 13.1 Å². The van der Waals surface area contributed by atoms with Crippen LogP contribution in [-0.4, -0.2) is 38.6 Å². The van der Waals surface area contributed by atoms with Crippen molar-refractivity contribution in [3.63, 3.8) is 0 Å². The van der Waals surface area contributed by atoms with E-state index in [4.69, 9.17) is 27.9 Å². The van der Waals surface area contributed by atoms with E-state index in [0.717, 1.165) is 25.9 Å². The second-order valence-electron chi connectivity index (χ2n) is 5.44. The first kappa shape index (κ1) is 18.0. The molecule has 2 aromatic rings. The summed E-state index contributed by atoms with van der Waals surface area (Å²) in [4.78, 5) is 10.4. The molecule has 0 bridgehead atoms. The van der Waals surface area contributed by atoms with E-state index in [0.29, 0.717) is 5.82 Å². The van der Waals surface area contributed by atoms with Gasteiger partial charge in [0.25, 0.3) is 15.9 Å². The van der Waals surface area contributed by atoms with Crippen LogP contribution in [0, 0.1) is 0 Å². The van der Waals surface area contributed by atoms with Crippen LogP contribution < -0.4 is 14.4 Å². The van der Waals surface area contributed by atoms with Crippen molar-refractivity contribution in [3.8, 4) is 5.88 Å². The summed E-state index contributed by atoms with van der Waals surface area (Å²) in [5.41, 5.74) is 0. The molecule has 0 spiro atoms. The van der Waals surface area contributed by atoms with Gasteiger partial charge in [0.2, 0.25) is 5.82 Å². The van der Waals surface area contributed by atoms with E-state index in [1.165, 1.54) is 31.5 Å². The van der Waals surface area contributed by atoms with E-state index >= 15 is 0 Å². The number of benzene rings is 1. The summed E-state index contributed by atoms with van der Waals surface area (Å²) < 4.78 is 32.7. The molecule has 0 saturated carbocycles. The monoisotopic (exact) mass is 402 g/mol. The average Bonchev–Trinajstić information content (AvgIpc) is 3.11. The minimum atomic E-state index is -3.99. The number of rotatable bonds is 5. The number of halogens is 2. The highest BCUT2D eigenvalue weighted by Crippen LogP contribution is 2.32. The molecule has 134 valence electrons. The van der Waals surface area contributed by atoms with E-state index in [1.54, 1.807) is 0 Å². The zero-order chi connectivity index (χ0) is 18.0. The molecule has 0 amide bonds. The van der Waals surface area contributed by atoms with Crippen molar-refractivity contribution in [2.45, 2.75) is 17.7 Å². The minimum Gasteiger partial charge on any atom is -0.478 e. The maximum atomic E-state index is 12.6. The summed E-state index contributed by atoms with van der Waals surface area (Å²) >= 11 is 11.9. The molecule has 7 nitrogen and oxygen atoms in total. The first-order valence-corrected chi connectivity index (χ1v) is 9.79. The van der Waals surface area contributed by atoms with Gasteiger partial charge in [0.05, 0.1) is 23.4 Å². The van der Waals surface area contributed by atoms with Crippen LogP contribution in [0.15, 0.2) is 29.3 Å². The third-order valence-corrected chi connectivity index (χ3v) is 6.10. The number of methoxy groups -OCH3 is 1. The van der Waals surface area contributed by atoms with E-state index in [2.05, 4.69) is 19.6 Å². The Morgan fingerprint density at radius 3 is 2.64 bits per heavy atom. The second kappa shape index (κ2) is 7.23. The molecule has 1 fully saturated rings. The molecule has 3 rings (SSSR count). The maximum Gasteiger partial charge on any atom is 0.264 e. The van der Waals surface area contributed by atoms with Crippen LogP contribution in [0.5, 0.6) is 5.88 Å². The van der Waals surface area contributed by atoms with Crippen LogP contribution >= 0.6 is 23.2 Å². The molecule has 0 unspecified atom stereocenters. The lowest BCUT2D eigenvalue weighted by atomic mass is 10.4. The maximum absolute atomic E-state index is 12.6. The van der Waals surface area contributed by atoms with Crippen molar-refractivity contribution in [1.29, 1.82) is 0 Å². The van der Waals surface area contributed by atoms with Crippen LogP contribution in [0.3, 0.4) is 0 Å². The second-order valence-corrected chi connectivity index (χ2v) is 7.87. The van der Waals surface area contributed by atoms with Crippen molar-refractivity contribution in [2.24, 2.45) is 0 Å². The fourth-order valence-electron chi connectivity index (χ4n) is 2.55. The highest BCUT2D eigenvalue weighted by atomic mass is 35.5. The lowest BCUT2D eigenvalue weighted by Gasteiger charge is -2.18. The molecular formula is C15H16Cl2N4O3S. The zero-order valence-electron chi connectivity index (χ0n) is 13.4. The van der Waals surface area contributed by atoms with Crippen LogP contribution in [0.25, 0.3) is 0 Å². The van der Waals surface area contributed by atoms with Crippen LogP contribution in [0.2, 0.25) is 10.0 Å². The fraction of sp³-hybridized carbons (Fsp3) is 0.333. The summed E-state index contributed by atoms with van der Waals surface area (Å²) in [6, 6.07) is 4.37. The summed E-state index contributed by atoms with van der Waals surface area (Å²) in [7, 11) is -2.59. The summed E-state index contributed by atoms with van der Waals surface area (Å²) in [5, 5.41) is 0.0873. The van der Waals surface area contributed by atoms with Crippen LogP contribution in [0.1, 0.15) is 12.8 Å². The molecule has 1 aliphatic rings. The lowest BCUT2D eigenvalue weighted by molar-refractivity contribution is 0.398. The largest absolute Gasteiger partial charge is 0.478 e. The molecule has 1 aliphatic heterocycles. The molecule has 0 atom stereocenters. The van der Waals surface area contributed by atoms with Crippen LogP contribution in [0.4, 0.5) is 11.6 Å². The molecule has 1 N–H and O–H groups in total. The Balaban J connectivity index is 1.92. The van der Waals surface area contributed by atoms with Gasteiger partial charge in [-0.2, -0.15) is 4.98 Å². The Morgan fingerprint density at radius 1 is 1.24 bits per heavy atom. The zero-order valence-corrected chi connectivity index (χ0v) is 15.7. The SMILES string of the molecule is COc1nc(N2CCCC2)cnc1NS(=O)(=O)c1cccc(Cl)c1Cl. The van der Waals surface area contributed by atoms with E-state index < -0.39 is 10.0 Å². The van der Waals surface area contributed by atoms with Crippen molar-refractivity contribution >= 4 is 44.9 Å². The number of nitrogens with zero attached hydrogens (tertiary/aromatic N) is 3. The van der Waals surface area contributed by atoms with Crippen molar-refractivity contribution in [3.05, 3.63) is 34.4 Å². The van der Waals surface area contributed by atoms with Crippen molar-refractivity contribution in [2.75, 3.05) is 29.8 Å². The standard InChI is InChI=1S/C15H16Cl2N4O3S/c1-24-15-14(18-9-12(19-15)21-7-2-3-8-21)20-25(22,23)11-6-4-5-10(16)13(11)17/h4-6,9H,2-3,7-8H2,1H3,(H,18,20). The molecule has 1 saturated heterocycles. The molecule has 1 aromatic heterocycles. The number of hydrogen-bond donors (Lipinski definition) is 1. The predicted molar refractivity (Wildman–Crippen MR) is 97.3 cm³/mol. The predicted octanol–water partition coefficient (Wildman–Crippen LogP) is 3.19. The quantitative estimate of drug-likeness (QED) is 0.826. The highest BCUT2D eigenvalue weighted by Gasteiger charge is 2.23. The van der Waals surface area contributed by atoms with Crippen molar-refractivity contribution < 1.29 is 13.2 Å². The summed E-state index contributed by atoms with van der Waals surface area (Å²) in [6.45, 7) is 1.78. The Kier molecular flexibility index (Phi) is 5.21. The number of aromatic nitrogens is 2. The smallest absolute Gasteiger partial charge is 0.264 e. The van der Waals surface area contributed by atoms with Gasteiger partial charge in [-0.15, -0.1) is 0 Å². The van der Waals surface area contributed by atoms with Gasteiger partial charge in [-0.1, -0.05) is 29.3 Å². The first-order valence-electron chi connectivity index (χ1n) is 7.55. The van der Waals surface area contributed by atoms with Crippen molar-refractivity contribution in [1.82, 2.24) is 9.97 Å². The number of sulfonamides is 1. The van der Waals surface area contributed by atoms with Gasteiger partial charge in [-0.3, -0.25) is 4.72 Å². The topological polar surface area (TPSA) is 84.4 Å². The third-order valence-electron chi connectivity index (χ3n) is 3.79. The van der Waals surface area contributed by atoms with Gasteiger partial charge in [0.15, 0.2) is 5.82 Å². The highest BCUT2D eigenvalue weighted by molar-refractivity contribution is 7.92. The molecule has 25 heavy (non-hydrogen) atoms. The van der Waals surface area contributed by atoms with E-state index in [1.807, 2.05) is 0 Å². The Bertz CT molecular complexity index is 886. The molecular weight excluding hydrogens is 387 g/mol. The molecule has 10 heteroatoms. The molecule has 1 aromatic carbocycles. The average molecular weight is 403 g/mol. The van der Waals surface area contributed by atoms with Crippen LogP contribution in [-0.2, 0) is 10.0 Å². The minimum absolute atomic E-state index is 0.0125. The number of ether oxygens (including phenoxy) is 1. The normalized spacial score (nSPS) is 14.6. The summed E-state index contributed by atoms with van der Waals surface area (Å²) in [5.74, 6) is 0.728. The van der Waals surface area contributed by atoms with Gasteiger partial charge in [-0.05, 0) is 25.0 Å².